The molecule has 3 aromatic rings. The van der Waals surface area contributed by atoms with Gasteiger partial charge in [-0.25, -0.2) is 0 Å². The molecule has 1 heterocycles. The average molecular weight is 267 g/mol. The first-order chi connectivity index (χ1) is 9.76. The second kappa shape index (κ2) is 5.25. The van der Waals surface area contributed by atoms with Gasteiger partial charge in [-0.2, -0.15) is 5.10 Å². The van der Waals surface area contributed by atoms with Crippen LogP contribution in [0, 0.1) is 0 Å². The van der Waals surface area contributed by atoms with E-state index in [4.69, 9.17) is 10.5 Å². The quantitative estimate of drug-likeness (QED) is 0.763. The Hall–Kier alpha value is -2.49. The van der Waals surface area contributed by atoms with Gasteiger partial charge in [0, 0.05) is 5.39 Å². The van der Waals surface area contributed by atoms with E-state index in [1.165, 1.54) is 11.1 Å². The van der Waals surface area contributed by atoms with E-state index in [1.54, 1.807) is 0 Å². The lowest BCUT2D eigenvalue weighted by molar-refractivity contribution is 0.340. The fourth-order valence-electron chi connectivity index (χ4n) is 2.30. The molecule has 2 aromatic carbocycles. The molecule has 0 fully saturated rings. The molecule has 4 heteroatoms. The molecule has 3 N–H and O–H groups in total. The maximum atomic E-state index is 5.83. The van der Waals surface area contributed by atoms with Gasteiger partial charge in [0.15, 0.2) is 5.82 Å². The van der Waals surface area contributed by atoms with Crippen LogP contribution < -0.4 is 10.5 Å². The Bertz CT molecular complexity index is 716. The van der Waals surface area contributed by atoms with Crippen molar-refractivity contribution in [1.29, 1.82) is 0 Å². The number of anilines is 1. The van der Waals surface area contributed by atoms with E-state index in [2.05, 4.69) is 34.5 Å². The number of rotatable bonds is 4. The summed E-state index contributed by atoms with van der Waals surface area (Å²) in [6, 6.07) is 14.4. The highest BCUT2D eigenvalue weighted by atomic mass is 16.5. The number of fused-ring (bicyclic) bond motifs is 1. The summed E-state index contributed by atoms with van der Waals surface area (Å²) in [5.74, 6) is 1.46. The number of nitrogens with two attached hydrogens (primary N) is 1. The van der Waals surface area contributed by atoms with Gasteiger partial charge in [0.05, 0.1) is 12.1 Å². The van der Waals surface area contributed by atoms with Crippen LogP contribution in [0.5, 0.6) is 5.75 Å². The first kappa shape index (κ1) is 12.5. The van der Waals surface area contributed by atoms with Gasteiger partial charge in [-0.1, -0.05) is 18.2 Å². The van der Waals surface area contributed by atoms with Crippen LogP contribution in [0.3, 0.4) is 0 Å². The average Bonchev–Trinajstić information content (AvgIpc) is 2.83. The fraction of sp³-hybridized carbons (Fsp3) is 0.188. The number of benzene rings is 2. The predicted molar refractivity (Wildman–Crippen MR) is 80.9 cm³/mol. The zero-order valence-electron chi connectivity index (χ0n) is 11.4. The lowest BCUT2D eigenvalue weighted by atomic mass is 10.0. The number of aromatic amines is 1. The molecule has 20 heavy (non-hydrogen) atoms. The van der Waals surface area contributed by atoms with Gasteiger partial charge in [-0.05, 0) is 48.7 Å². The van der Waals surface area contributed by atoms with Crippen molar-refractivity contribution in [1.82, 2.24) is 10.2 Å². The summed E-state index contributed by atoms with van der Waals surface area (Å²) < 4.78 is 5.45. The topological polar surface area (TPSA) is 63.9 Å². The second-order valence-corrected chi connectivity index (χ2v) is 4.74. The smallest absolute Gasteiger partial charge is 0.153 e. The molecule has 0 spiro atoms. The lowest BCUT2D eigenvalue weighted by Gasteiger charge is -2.05. The van der Waals surface area contributed by atoms with E-state index in [0.717, 1.165) is 23.1 Å². The zero-order valence-corrected chi connectivity index (χ0v) is 11.4. The minimum Gasteiger partial charge on any atom is -0.494 e. The molecule has 0 amide bonds. The SMILES string of the molecule is CCOc1ccc(Cc2ccc3[nH]nc(N)c3c2)cc1. The van der Waals surface area contributed by atoms with Crippen molar-refractivity contribution in [2.45, 2.75) is 13.3 Å². The summed E-state index contributed by atoms with van der Waals surface area (Å²) in [6.07, 6.45) is 0.868. The molecule has 0 saturated carbocycles. The molecule has 0 radical (unpaired) electrons. The van der Waals surface area contributed by atoms with E-state index in [9.17, 15) is 0 Å². The number of hydrogen-bond donors (Lipinski definition) is 2. The summed E-state index contributed by atoms with van der Waals surface area (Å²) in [7, 11) is 0. The Morgan fingerprint density at radius 2 is 1.85 bits per heavy atom. The van der Waals surface area contributed by atoms with Crippen molar-refractivity contribution in [2.24, 2.45) is 0 Å². The monoisotopic (exact) mass is 267 g/mol. The molecule has 0 aliphatic heterocycles. The molecule has 0 unspecified atom stereocenters. The van der Waals surface area contributed by atoms with Crippen LogP contribution in [-0.4, -0.2) is 16.8 Å². The van der Waals surface area contributed by atoms with Gasteiger partial charge in [0.25, 0.3) is 0 Å². The van der Waals surface area contributed by atoms with Gasteiger partial charge < -0.3 is 10.5 Å². The lowest BCUT2D eigenvalue weighted by Crippen LogP contribution is -1.92. The summed E-state index contributed by atoms with van der Waals surface area (Å²) in [5.41, 5.74) is 9.27. The predicted octanol–water partition coefficient (Wildman–Crippen LogP) is 3.13. The number of ether oxygens (including phenoxy) is 1. The van der Waals surface area contributed by atoms with E-state index >= 15 is 0 Å². The summed E-state index contributed by atoms with van der Waals surface area (Å²) in [4.78, 5) is 0. The third-order valence-corrected chi connectivity index (χ3v) is 3.30. The molecule has 4 nitrogen and oxygen atoms in total. The van der Waals surface area contributed by atoms with Crippen molar-refractivity contribution >= 4 is 16.7 Å². The first-order valence-corrected chi connectivity index (χ1v) is 6.70. The Kier molecular flexibility index (Phi) is 3.29. The van der Waals surface area contributed by atoms with Crippen LogP contribution in [0.2, 0.25) is 0 Å². The van der Waals surface area contributed by atoms with Gasteiger partial charge in [-0.15, -0.1) is 0 Å². The third kappa shape index (κ3) is 2.45. The van der Waals surface area contributed by atoms with Crippen molar-refractivity contribution in [2.75, 3.05) is 12.3 Å². The van der Waals surface area contributed by atoms with E-state index < -0.39 is 0 Å². The molecule has 0 saturated heterocycles. The molecule has 3 rings (SSSR count). The maximum absolute atomic E-state index is 5.83. The largest absolute Gasteiger partial charge is 0.494 e. The molecule has 0 atom stereocenters. The van der Waals surface area contributed by atoms with Crippen LogP contribution in [0.1, 0.15) is 18.1 Å². The highest BCUT2D eigenvalue weighted by molar-refractivity contribution is 5.89. The summed E-state index contributed by atoms with van der Waals surface area (Å²) in [5, 5.41) is 7.90. The number of aromatic nitrogens is 2. The summed E-state index contributed by atoms with van der Waals surface area (Å²) >= 11 is 0. The van der Waals surface area contributed by atoms with Crippen LogP contribution in [0.15, 0.2) is 42.5 Å². The van der Waals surface area contributed by atoms with Crippen molar-refractivity contribution < 1.29 is 4.74 Å². The number of hydrogen-bond acceptors (Lipinski definition) is 3. The normalized spacial score (nSPS) is 10.8. The number of nitrogen functional groups attached to an aromatic ring is 1. The Labute approximate surface area is 117 Å². The molecular weight excluding hydrogens is 250 g/mol. The van der Waals surface area contributed by atoms with Crippen molar-refractivity contribution in [3.05, 3.63) is 53.6 Å². The van der Waals surface area contributed by atoms with Gasteiger partial charge >= 0.3 is 0 Å². The zero-order chi connectivity index (χ0) is 13.9. The third-order valence-electron chi connectivity index (χ3n) is 3.30. The Morgan fingerprint density at radius 1 is 1.10 bits per heavy atom. The Morgan fingerprint density at radius 3 is 2.60 bits per heavy atom. The molecule has 0 bridgehead atoms. The highest BCUT2D eigenvalue weighted by Gasteiger charge is 2.04. The minimum atomic E-state index is 0.550. The second-order valence-electron chi connectivity index (χ2n) is 4.74. The van der Waals surface area contributed by atoms with Crippen LogP contribution >= 0.6 is 0 Å². The molecular formula is C16H17N3O. The number of nitrogens with zero attached hydrogens (tertiary/aromatic N) is 1. The van der Waals surface area contributed by atoms with Gasteiger partial charge in [-0.3, -0.25) is 5.10 Å². The van der Waals surface area contributed by atoms with E-state index in [0.29, 0.717) is 12.4 Å². The minimum absolute atomic E-state index is 0.550. The summed E-state index contributed by atoms with van der Waals surface area (Å²) in [6.45, 7) is 2.67. The first-order valence-electron chi connectivity index (χ1n) is 6.70. The highest BCUT2D eigenvalue weighted by Crippen LogP contribution is 2.21. The van der Waals surface area contributed by atoms with Crippen molar-refractivity contribution in [3.8, 4) is 5.75 Å². The molecule has 0 aliphatic carbocycles. The Balaban J connectivity index is 1.83. The molecule has 0 aliphatic rings. The standard InChI is InChI=1S/C16H17N3O/c1-2-20-13-6-3-11(4-7-13)9-12-5-8-15-14(10-12)16(17)19-18-15/h3-8,10H,2,9H2,1H3,(H3,17,18,19). The molecule has 102 valence electrons. The van der Waals surface area contributed by atoms with E-state index in [1.807, 2.05) is 25.1 Å². The van der Waals surface area contributed by atoms with Crippen molar-refractivity contribution in [3.63, 3.8) is 0 Å². The maximum Gasteiger partial charge on any atom is 0.153 e. The van der Waals surface area contributed by atoms with Gasteiger partial charge in [0.2, 0.25) is 0 Å². The van der Waals surface area contributed by atoms with E-state index in [-0.39, 0.29) is 0 Å². The molecule has 1 aromatic heterocycles. The fourth-order valence-corrected chi connectivity index (χ4v) is 2.30. The van der Waals surface area contributed by atoms with Gasteiger partial charge in [0.1, 0.15) is 5.75 Å². The van der Waals surface area contributed by atoms with Crippen LogP contribution in [0.4, 0.5) is 5.82 Å². The van der Waals surface area contributed by atoms with Crippen LogP contribution in [0.25, 0.3) is 10.9 Å². The number of nitrogens with one attached hydrogen (secondary N) is 1. The van der Waals surface area contributed by atoms with Crippen LogP contribution in [-0.2, 0) is 6.42 Å². The number of H-pyrrole nitrogens is 1.